The van der Waals surface area contributed by atoms with Crippen molar-refractivity contribution in [1.29, 1.82) is 0 Å². The van der Waals surface area contributed by atoms with Crippen LogP contribution >= 0.6 is 0 Å². The minimum absolute atomic E-state index is 0.283. The van der Waals surface area contributed by atoms with Gasteiger partial charge in [0.1, 0.15) is 5.82 Å². The van der Waals surface area contributed by atoms with Crippen molar-refractivity contribution in [3.05, 3.63) is 53.8 Å². The third-order valence-electron chi connectivity index (χ3n) is 4.41. The van der Waals surface area contributed by atoms with E-state index in [2.05, 4.69) is 10.2 Å². The maximum Gasteiger partial charge on any atom is 0.313 e. The summed E-state index contributed by atoms with van der Waals surface area (Å²) in [5, 5.41) is 2.57. The quantitative estimate of drug-likeness (QED) is 0.637. The lowest BCUT2D eigenvalue weighted by atomic mass is 10.2. The minimum atomic E-state index is -0.698. The minimum Gasteiger partial charge on any atom is -0.397 e. The highest BCUT2D eigenvalue weighted by Crippen LogP contribution is 2.20. The molecule has 2 aromatic carbocycles. The predicted octanol–water partition coefficient (Wildman–Crippen LogP) is 2.00. The second kappa shape index (κ2) is 7.43. The number of piperazine rings is 1. The summed E-state index contributed by atoms with van der Waals surface area (Å²) in [4.78, 5) is 28.2. The third kappa shape index (κ3) is 3.93. The van der Waals surface area contributed by atoms with E-state index < -0.39 is 11.8 Å². The fourth-order valence-corrected chi connectivity index (χ4v) is 2.94. The van der Waals surface area contributed by atoms with Crippen molar-refractivity contribution in [2.24, 2.45) is 0 Å². The van der Waals surface area contributed by atoms with Crippen LogP contribution in [0.5, 0.6) is 0 Å². The van der Waals surface area contributed by atoms with Gasteiger partial charge in [-0.25, -0.2) is 4.39 Å². The molecular formula is C19H21FN4O2. The Morgan fingerprint density at radius 3 is 2.31 bits per heavy atom. The number of hydrogen-bond acceptors (Lipinski definition) is 4. The van der Waals surface area contributed by atoms with Crippen LogP contribution in [0.25, 0.3) is 0 Å². The van der Waals surface area contributed by atoms with Crippen molar-refractivity contribution >= 4 is 28.9 Å². The third-order valence-corrected chi connectivity index (χ3v) is 4.41. The number of benzene rings is 2. The Morgan fingerprint density at radius 1 is 1.04 bits per heavy atom. The zero-order chi connectivity index (χ0) is 18.7. The van der Waals surface area contributed by atoms with Gasteiger partial charge in [0.05, 0.1) is 11.4 Å². The SMILES string of the molecule is Cc1ccc(NC(=O)C(=O)N2CCN(c3ccc(F)cc3)CC2)c(N)c1. The van der Waals surface area contributed by atoms with E-state index in [4.69, 9.17) is 5.73 Å². The van der Waals surface area contributed by atoms with Crippen LogP contribution in [-0.4, -0.2) is 42.9 Å². The van der Waals surface area contributed by atoms with Crippen molar-refractivity contribution in [2.45, 2.75) is 6.92 Å². The number of aryl methyl sites for hydroxylation is 1. The molecule has 2 aromatic rings. The summed E-state index contributed by atoms with van der Waals surface area (Å²) in [6.45, 7) is 3.91. The summed E-state index contributed by atoms with van der Waals surface area (Å²) < 4.78 is 13.0. The van der Waals surface area contributed by atoms with Crippen molar-refractivity contribution in [3.8, 4) is 0 Å². The first-order chi connectivity index (χ1) is 12.4. The van der Waals surface area contributed by atoms with Crippen molar-refractivity contribution in [2.75, 3.05) is 42.1 Å². The van der Waals surface area contributed by atoms with Crippen molar-refractivity contribution < 1.29 is 14.0 Å². The first kappa shape index (κ1) is 17.7. The molecule has 0 radical (unpaired) electrons. The molecule has 3 N–H and O–H groups in total. The summed E-state index contributed by atoms with van der Waals surface area (Å²) >= 11 is 0. The molecule has 1 aliphatic rings. The lowest BCUT2D eigenvalue weighted by Gasteiger charge is -2.35. The van der Waals surface area contributed by atoms with Gasteiger partial charge < -0.3 is 20.9 Å². The molecule has 0 unspecified atom stereocenters. The molecule has 26 heavy (non-hydrogen) atoms. The molecule has 1 heterocycles. The van der Waals surface area contributed by atoms with E-state index in [1.165, 1.54) is 17.0 Å². The fraction of sp³-hybridized carbons (Fsp3) is 0.263. The number of nitrogens with one attached hydrogen (secondary N) is 1. The van der Waals surface area contributed by atoms with Gasteiger partial charge >= 0.3 is 11.8 Å². The Morgan fingerprint density at radius 2 is 1.69 bits per heavy atom. The Kier molecular flexibility index (Phi) is 5.06. The Bertz CT molecular complexity index is 815. The summed E-state index contributed by atoms with van der Waals surface area (Å²) in [5.74, 6) is -1.56. The summed E-state index contributed by atoms with van der Waals surface area (Å²) in [7, 11) is 0. The largest absolute Gasteiger partial charge is 0.397 e. The van der Waals surface area contributed by atoms with E-state index in [0.717, 1.165) is 11.3 Å². The summed E-state index contributed by atoms with van der Waals surface area (Å²) in [6.07, 6.45) is 0. The molecule has 1 saturated heterocycles. The molecule has 0 aliphatic carbocycles. The highest BCUT2D eigenvalue weighted by atomic mass is 19.1. The lowest BCUT2D eigenvalue weighted by molar-refractivity contribution is -0.143. The zero-order valence-corrected chi connectivity index (χ0v) is 14.5. The molecule has 1 aliphatic heterocycles. The summed E-state index contributed by atoms with van der Waals surface area (Å²) in [6, 6.07) is 11.5. The van der Waals surface area contributed by atoms with Gasteiger partial charge in [-0.2, -0.15) is 0 Å². The highest BCUT2D eigenvalue weighted by molar-refractivity contribution is 6.39. The second-order valence-electron chi connectivity index (χ2n) is 6.30. The normalized spacial score (nSPS) is 14.2. The number of nitrogen functional groups attached to an aromatic ring is 1. The van der Waals surface area contributed by atoms with Gasteiger partial charge in [0.25, 0.3) is 0 Å². The maximum absolute atomic E-state index is 13.0. The topological polar surface area (TPSA) is 78.7 Å². The monoisotopic (exact) mass is 356 g/mol. The molecule has 0 bridgehead atoms. The van der Waals surface area contributed by atoms with Crippen molar-refractivity contribution in [3.63, 3.8) is 0 Å². The van der Waals surface area contributed by atoms with E-state index in [9.17, 15) is 14.0 Å². The van der Waals surface area contributed by atoms with Crippen LogP contribution in [-0.2, 0) is 9.59 Å². The number of hydrogen-bond donors (Lipinski definition) is 2. The van der Waals surface area contributed by atoms with Gasteiger partial charge in [-0.3, -0.25) is 9.59 Å². The van der Waals surface area contributed by atoms with Gasteiger partial charge in [-0.15, -0.1) is 0 Å². The second-order valence-corrected chi connectivity index (χ2v) is 6.30. The fourth-order valence-electron chi connectivity index (χ4n) is 2.94. The molecule has 7 heteroatoms. The summed E-state index contributed by atoms with van der Waals surface area (Å²) in [5.41, 5.74) is 8.60. The van der Waals surface area contributed by atoms with Gasteiger partial charge in [0.2, 0.25) is 0 Å². The van der Waals surface area contributed by atoms with Crippen LogP contribution in [0.3, 0.4) is 0 Å². The average molecular weight is 356 g/mol. The maximum atomic E-state index is 13.0. The number of amides is 2. The molecule has 6 nitrogen and oxygen atoms in total. The Hall–Kier alpha value is -3.09. The van der Waals surface area contributed by atoms with Crippen LogP contribution < -0.4 is 16.0 Å². The van der Waals surface area contributed by atoms with Crippen LogP contribution in [0.15, 0.2) is 42.5 Å². The molecule has 0 spiro atoms. The molecule has 0 atom stereocenters. The average Bonchev–Trinajstić information content (AvgIpc) is 2.64. The van der Waals surface area contributed by atoms with Crippen LogP contribution in [0.2, 0.25) is 0 Å². The number of halogens is 1. The van der Waals surface area contributed by atoms with E-state index in [0.29, 0.717) is 37.6 Å². The number of nitrogens with zero attached hydrogens (tertiary/aromatic N) is 2. The molecule has 1 fully saturated rings. The Labute approximate surface area is 151 Å². The van der Waals surface area contributed by atoms with Crippen molar-refractivity contribution in [1.82, 2.24) is 4.90 Å². The smallest absolute Gasteiger partial charge is 0.313 e. The van der Waals surface area contributed by atoms with Gasteiger partial charge in [0.15, 0.2) is 0 Å². The first-order valence-corrected chi connectivity index (χ1v) is 8.41. The van der Waals surface area contributed by atoms with Gasteiger partial charge in [-0.1, -0.05) is 6.07 Å². The number of rotatable bonds is 2. The predicted molar refractivity (Wildman–Crippen MR) is 99.4 cm³/mol. The molecule has 0 aromatic heterocycles. The Balaban J connectivity index is 1.57. The van der Waals surface area contributed by atoms with Crippen LogP contribution in [0.4, 0.5) is 21.5 Å². The standard InChI is InChI=1S/C19H21FN4O2/c1-13-2-7-17(16(21)12-13)22-18(25)19(26)24-10-8-23(9-11-24)15-5-3-14(20)4-6-15/h2-7,12H,8-11,21H2,1H3,(H,22,25). The molecule has 0 saturated carbocycles. The van der Waals surface area contributed by atoms with E-state index in [1.54, 1.807) is 24.3 Å². The van der Waals surface area contributed by atoms with E-state index >= 15 is 0 Å². The molecule has 2 amide bonds. The van der Waals surface area contributed by atoms with E-state index in [1.807, 2.05) is 13.0 Å². The van der Waals surface area contributed by atoms with Gasteiger partial charge in [-0.05, 0) is 48.9 Å². The number of anilines is 3. The van der Waals surface area contributed by atoms with E-state index in [-0.39, 0.29) is 5.82 Å². The number of nitrogens with two attached hydrogens (primary N) is 1. The molecule has 3 rings (SSSR count). The number of carbonyl (C=O) groups excluding carboxylic acids is 2. The number of carbonyl (C=O) groups is 2. The molecular weight excluding hydrogens is 335 g/mol. The molecule has 136 valence electrons. The highest BCUT2D eigenvalue weighted by Gasteiger charge is 2.26. The first-order valence-electron chi connectivity index (χ1n) is 8.41. The lowest BCUT2D eigenvalue weighted by Crippen LogP contribution is -2.51. The van der Waals surface area contributed by atoms with Crippen LogP contribution in [0.1, 0.15) is 5.56 Å². The van der Waals surface area contributed by atoms with Gasteiger partial charge in [0, 0.05) is 31.9 Å². The zero-order valence-electron chi connectivity index (χ0n) is 14.5. The van der Waals surface area contributed by atoms with Crippen LogP contribution in [0, 0.1) is 12.7 Å².